The minimum Gasteiger partial charge on any atom is -0.352 e. The number of nitrogens with zero attached hydrogens (tertiary/aromatic N) is 5. The smallest absolute Gasteiger partial charge is 0.156 e. The van der Waals surface area contributed by atoms with Crippen LogP contribution in [0, 0.1) is 13.8 Å². The lowest BCUT2D eigenvalue weighted by Gasteiger charge is -2.36. The van der Waals surface area contributed by atoms with Gasteiger partial charge >= 0.3 is 0 Å². The Balaban J connectivity index is 2.01. The Hall–Kier alpha value is -1.24. The summed E-state index contributed by atoms with van der Waals surface area (Å²) >= 11 is 0. The Morgan fingerprint density at radius 1 is 1.10 bits per heavy atom. The van der Waals surface area contributed by atoms with Crippen LogP contribution in [-0.4, -0.2) is 73.4 Å². The van der Waals surface area contributed by atoms with Crippen LogP contribution in [0.2, 0.25) is 0 Å². The molecule has 0 aliphatic carbocycles. The molecule has 0 radical (unpaired) electrons. The Kier molecular flexibility index (Phi) is 5.50. The molecule has 1 aromatic rings. The van der Waals surface area contributed by atoms with E-state index < -0.39 is 0 Å². The van der Waals surface area contributed by atoms with Gasteiger partial charge in [0.1, 0.15) is 0 Å². The largest absolute Gasteiger partial charge is 0.352 e. The molecule has 118 valence electrons. The molecule has 0 saturated carbocycles. The zero-order chi connectivity index (χ0) is 15.4. The van der Waals surface area contributed by atoms with Gasteiger partial charge in [-0.2, -0.15) is 5.10 Å². The van der Waals surface area contributed by atoms with Crippen molar-refractivity contribution >= 4 is 5.82 Å². The number of hydrogen-bond donors (Lipinski definition) is 1. The average Bonchev–Trinajstić information content (AvgIpc) is 2.48. The van der Waals surface area contributed by atoms with Gasteiger partial charge in [0.15, 0.2) is 5.82 Å². The average molecular weight is 292 g/mol. The number of hydrogen-bond acceptors (Lipinski definition) is 6. The molecule has 6 nitrogen and oxygen atoms in total. The molecule has 1 aliphatic rings. The van der Waals surface area contributed by atoms with E-state index in [1.54, 1.807) is 0 Å². The quantitative estimate of drug-likeness (QED) is 0.839. The molecule has 1 fully saturated rings. The molecule has 1 aliphatic heterocycles. The van der Waals surface area contributed by atoms with Crippen molar-refractivity contribution in [3.8, 4) is 0 Å². The van der Waals surface area contributed by atoms with Crippen molar-refractivity contribution in [2.45, 2.75) is 20.4 Å². The number of aryl methyl sites for hydroxylation is 1. The summed E-state index contributed by atoms with van der Waals surface area (Å²) in [7, 11) is 4.24. The zero-order valence-electron chi connectivity index (χ0n) is 13.8. The second kappa shape index (κ2) is 7.15. The summed E-state index contributed by atoms with van der Waals surface area (Å²) in [6.07, 6.45) is 0. The number of anilines is 1. The number of likely N-dealkylation sites (N-methyl/N-ethyl adjacent to an activating group) is 1. The fourth-order valence-corrected chi connectivity index (χ4v) is 2.67. The van der Waals surface area contributed by atoms with E-state index in [-0.39, 0.29) is 0 Å². The third-order valence-corrected chi connectivity index (χ3v) is 4.30. The molecule has 0 aromatic carbocycles. The highest BCUT2D eigenvalue weighted by Gasteiger charge is 2.21. The summed E-state index contributed by atoms with van der Waals surface area (Å²) in [5, 5.41) is 8.68. The van der Waals surface area contributed by atoms with Crippen molar-refractivity contribution in [1.29, 1.82) is 0 Å². The lowest BCUT2D eigenvalue weighted by molar-refractivity contribution is 0.229. The van der Waals surface area contributed by atoms with E-state index in [0.29, 0.717) is 6.54 Å². The van der Waals surface area contributed by atoms with Gasteiger partial charge in [-0.3, -0.25) is 4.90 Å². The van der Waals surface area contributed by atoms with Gasteiger partial charge in [0, 0.05) is 51.4 Å². The summed E-state index contributed by atoms with van der Waals surface area (Å²) in [6, 6.07) is 0. The molecular weight excluding hydrogens is 264 g/mol. The van der Waals surface area contributed by atoms with Gasteiger partial charge in [-0.05, 0) is 33.5 Å². The molecule has 0 unspecified atom stereocenters. The third-order valence-electron chi connectivity index (χ3n) is 4.30. The van der Waals surface area contributed by atoms with E-state index in [1.807, 2.05) is 6.92 Å². The van der Waals surface area contributed by atoms with Gasteiger partial charge in [0.05, 0.1) is 5.69 Å². The molecule has 2 rings (SSSR count). The highest BCUT2D eigenvalue weighted by Crippen LogP contribution is 2.22. The van der Waals surface area contributed by atoms with Gasteiger partial charge in [0.2, 0.25) is 0 Å². The van der Waals surface area contributed by atoms with Crippen molar-refractivity contribution in [3.05, 3.63) is 16.8 Å². The van der Waals surface area contributed by atoms with Crippen LogP contribution in [0.1, 0.15) is 16.8 Å². The highest BCUT2D eigenvalue weighted by atomic mass is 15.3. The summed E-state index contributed by atoms with van der Waals surface area (Å²) in [5.41, 5.74) is 9.22. The van der Waals surface area contributed by atoms with E-state index >= 15 is 0 Å². The first kappa shape index (κ1) is 16.1. The van der Waals surface area contributed by atoms with Gasteiger partial charge < -0.3 is 15.5 Å². The number of rotatable bonds is 5. The number of nitrogens with two attached hydrogens (primary N) is 1. The maximum atomic E-state index is 5.92. The standard InChI is InChI=1S/C15H28N6/c1-12-13(2)17-18-15(14(12)11-16)21-9-7-20(8-10-21)6-5-19(3)4/h5-11,16H2,1-4H3. The second-order valence-electron chi connectivity index (χ2n) is 6.05. The molecule has 0 amide bonds. The van der Waals surface area contributed by atoms with Crippen LogP contribution in [0.3, 0.4) is 0 Å². The first-order valence-electron chi connectivity index (χ1n) is 7.67. The van der Waals surface area contributed by atoms with Crippen LogP contribution in [0.15, 0.2) is 0 Å². The van der Waals surface area contributed by atoms with Crippen LogP contribution >= 0.6 is 0 Å². The summed E-state index contributed by atoms with van der Waals surface area (Å²) in [6.45, 7) is 11.0. The van der Waals surface area contributed by atoms with Gasteiger partial charge in [-0.15, -0.1) is 5.10 Å². The summed E-state index contributed by atoms with van der Waals surface area (Å²) < 4.78 is 0. The number of piperazine rings is 1. The van der Waals surface area contributed by atoms with Crippen molar-refractivity contribution in [2.24, 2.45) is 5.73 Å². The topological polar surface area (TPSA) is 61.5 Å². The predicted octanol–water partition coefficient (Wildman–Crippen LogP) is 0.236. The van der Waals surface area contributed by atoms with Crippen LogP contribution in [0.25, 0.3) is 0 Å². The second-order valence-corrected chi connectivity index (χ2v) is 6.05. The molecule has 0 atom stereocenters. The minimum atomic E-state index is 0.526. The van der Waals surface area contributed by atoms with Crippen LogP contribution < -0.4 is 10.6 Å². The minimum absolute atomic E-state index is 0.526. The first-order chi connectivity index (χ1) is 10.0. The molecule has 1 saturated heterocycles. The highest BCUT2D eigenvalue weighted by molar-refractivity contribution is 5.51. The van der Waals surface area contributed by atoms with Crippen LogP contribution in [-0.2, 0) is 6.54 Å². The van der Waals surface area contributed by atoms with E-state index in [2.05, 4.69) is 45.9 Å². The van der Waals surface area contributed by atoms with E-state index in [9.17, 15) is 0 Å². The fraction of sp³-hybridized carbons (Fsp3) is 0.733. The van der Waals surface area contributed by atoms with Gasteiger partial charge in [-0.1, -0.05) is 0 Å². The van der Waals surface area contributed by atoms with Crippen molar-refractivity contribution in [2.75, 3.05) is 58.3 Å². The maximum Gasteiger partial charge on any atom is 0.156 e. The zero-order valence-corrected chi connectivity index (χ0v) is 13.8. The van der Waals surface area contributed by atoms with Crippen molar-refractivity contribution in [1.82, 2.24) is 20.0 Å². The van der Waals surface area contributed by atoms with E-state index in [4.69, 9.17) is 5.73 Å². The van der Waals surface area contributed by atoms with Gasteiger partial charge in [-0.25, -0.2) is 0 Å². The molecule has 0 spiro atoms. The Morgan fingerprint density at radius 2 is 1.76 bits per heavy atom. The van der Waals surface area contributed by atoms with E-state index in [1.165, 1.54) is 5.56 Å². The predicted molar refractivity (Wildman–Crippen MR) is 86.6 cm³/mol. The van der Waals surface area contributed by atoms with Gasteiger partial charge in [0.25, 0.3) is 0 Å². The molecule has 1 aromatic heterocycles. The number of aromatic nitrogens is 2. The lowest BCUT2D eigenvalue weighted by atomic mass is 10.1. The molecular formula is C15H28N6. The third kappa shape index (κ3) is 3.90. The fourth-order valence-electron chi connectivity index (χ4n) is 2.67. The normalized spacial score (nSPS) is 16.8. The summed E-state index contributed by atoms with van der Waals surface area (Å²) in [5.74, 6) is 0.979. The van der Waals surface area contributed by atoms with Crippen molar-refractivity contribution in [3.63, 3.8) is 0 Å². The molecule has 0 bridgehead atoms. The SMILES string of the molecule is Cc1nnc(N2CCN(CCN(C)C)CC2)c(CN)c1C. The Labute approximate surface area is 127 Å². The molecule has 2 N–H and O–H groups in total. The van der Waals surface area contributed by atoms with Crippen LogP contribution in [0.5, 0.6) is 0 Å². The van der Waals surface area contributed by atoms with Crippen molar-refractivity contribution < 1.29 is 0 Å². The first-order valence-corrected chi connectivity index (χ1v) is 7.67. The van der Waals surface area contributed by atoms with Crippen LogP contribution in [0.4, 0.5) is 5.82 Å². The maximum absolute atomic E-state index is 5.92. The Morgan fingerprint density at radius 3 is 2.33 bits per heavy atom. The molecule has 21 heavy (non-hydrogen) atoms. The lowest BCUT2D eigenvalue weighted by Crippen LogP contribution is -2.48. The summed E-state index contributed by atoms with van der Waals surface area (Å²) in [4.78, 5) is 7.06. The van der Waals surface area contributed by atoms with E-state index in [0.717, 1.165) is 56.3 Å². The molecule has 6 heteroatoms. The Bertz CT molecular complexity index is 465. The monoisotopic (exact) mass is 292 g/mol. The molecule has 2 heterocycles.